The maximum Gasteiger partial charge on any atom is 0.213 e. The maximum atomic E-state index is 11.8. The second kappa shape index (κ2) is 7.20. The number of piperidine rings is 1. The summed E-state index contributed by atoms with van der Waals surface area (Å²) >= 11 is 0. The smallest absolute Gasteiger partial charge is 0.213 e. The van der Waals surface area contributed by atoms with E-state index >= 15 is 0 Å². The summed E-state index contributed by atoms with van der Waals surface area (Å²) < 4.78 is 25.3. The second-order valence-electron chi connectivity index (χ2n) is 6.13. The number of nitrogens with zero attached hydrogens (tertiary/aromatic N) is 1. The van der Waals surface area contributed by atoms with Gasteiger partial charge in [-0.3, -0.25) is 0 Å². The molecule has 2 aliphatic rings. The third-order valence-electron chi connectivity index (χ3n) is 4.87. The molecule has 1 aliphatic heterocycles. The Hall–Kier alpha value is -0.170. The highest BCUT2D eigenvalue weighted by atomic mass is 32.2. The lowest BCUT2D eigenvalue weighted by Gasteiger charge is -2.38. The average molecular weight is 303 g/mol. The molecule has 2 atom stereocenters. The van der Waals surface area contributed by atoms with E-state index in [4.69, 9.17) is 5.73 Å². The van der Waals surface area contributed by atoms with E-state index in [1.54, 1.807) is 11.2 Å². The van der Waals surface area contributed by atoms with Crippen LogP contribution >= 0.6 is 0 Å². The zero-order chi connectivity index (χ0) is 14.6. The van der Waals surface area contributed by atoms with Crippen molar-refractivity contribution in [3.63, 3.8) is 0 Å². The van der Waals surface area contributed by atoms with E-state index in [-0.39, 0.29) is 5.75 Å². The molecular formula is C14H29N3O2S. The van der Waals surface area contributed by atoms with Gasteiger partial charge in [-0.05, 0) is 45.1 Å². The predicted octanol–water partition coefficient (Wildman–Crippen LogP) is 0.908. The summed E-state index contributed by atoms with van der Waals surface area (Å²) in [6, 6.07) is 0.989. The first-order valence-corrected chi connectivity index (χ1v) is 9.61. The van der Waals surface area contributed by atoms with E-state index in [2.05, 4.69) is 5.32 Å². The summed E-state index contributed by atoms with van der Waals surface area (Å²) in [5, 5.41) is 3.75. The van der Waals surface area contributed by atoms with Crippen molar-refractivity contribution in [1.29, 1.82) is 0 Å². The van der Waals surface area contributed by atoms with E-state index in [1.165, 1.54) is 25.7 Å². The zero-order valence-corrected chi connectivity index (χ0v) is 13.4. The minimum absolute atomic E-state index is 0.211. The number of hydrogen-bond acceptors (Lipinski definition) is 4. The Kier molecular flexibility index (Phi) is 5.84. The molecule has 0 spiro atoms. The van der Waals surface area contributed by atoms with Crippen molar-refractivity contribution in [1.82, 2.24) is 9.62 Å². The van der Waals surface area contributed by atoms with Crippen LogP contribution in [0.2, 0.25) is 0 Å². The van der Waals surface area contributed by atoms with E-state index in [1.807, 2.05) is 0 Å². The Bertz CT molecular complexity index is 391. The molecule has 118 valence electrons. The number of nitrogens with one attached hydrogen (secondary N) is 1. The first kappa shape index (κ1) is 16.2. The largest absolute Gasteiger partial charge is 0.330 e. The van der Waals surface area contributed by atoms with Gasteiger partial charge in [0.15, 0.2) is 0 Å². The molecule has 6 heteroatoms. The lowest BCUT2D eigenvalue weighted by Crippen LogP contribution is -2.51. The number of rotatable bonds is 5. The van der Waals surface area contributed by atoms with Gasteiger partial charge in [0, 0.05) is 25.2 Å². The standard InChI is InChI=1S/C14H29N3O2S/c1-2-20(18,19)17-9-7-13(8-10-17)16-14-6-4-3-5-12(14)11-15/h12-14,16H,2-11,15H2,1H3. The Labute approximate surface area is 123 Å². The molecule has 2 rings (SSSR count). The van der Waals surface area contributed by atoms with Gasteiger partial charge in [-0.15, -0.1) is 0 Å². The second-order valence-corrected chi connectivity index (χ2v) is 8.38. The molecule has 0 aromatic heterocycles. The normalized spacial score (nSPS) is 30.5. The van der Waals surface area contributed by atoms with Crippen molar-refractivity contribution in [2.75, 3.05) is 25.4 Å². The van der Waals surface area contributed by atoms with Crippen LogP contribution in [0.25, 0.3) is 0 Å². The molecule has 0 aromatic carbocycles. The summed E-state index contributed by atoms with van der Waals surface area (Å²) in [5.41, 5.74) is 5.87. The highest BCUT2D eigenvalue weighted by Crippen LogP contribution is 2.25. The van der Waals surface area contributed by atoms with E-state index in [0.29, 0.717) is 31.1 Å². The Morgan fingerprint density at radius 1 is 1.15 bits per heavy atom. The van der Waals surface area contributed by atoms with Crippen LogP contribution in [0.15, 0.2) is 0 Å². The highest BCUT2D eigenvalue weighted by molar-refractivity contribution is 7.89. The molecule has 2 unspecified atom stereocenters. The van der Waals surface area contributed by atoms with Crippen LogP contribution in [0.5, 0.6) is 0 Å². The topological polar surface area (TPSA) is 75.4 Å². The Morgan fingerprint density at radius 3 is 2.40 bits per heavy atom. The van der Waals surface area contributed by atoms with Gasteiger partial charge in [-0.1, -0.05) is 12.8 Å². The molecule has 1 saturated carbocycles. The molecule has 0 bridgehead atoms. The number of hydrogen-bond donors (Lipinski definition) is 2. The molecule has 0 radical (unpaired) electrons. The average Bonchev–Trinajstić information content (AvgIpc) is 2.48. The molecular weight excluding hydrogens is 274 g/mol. The third kappa shape index (κ3) is 3.93. The molecule has 20 heavy (non-hydrogen) atoms. The maximum absolute atomic E-state index is 11.8. The summed E-state index contributed by atoms with van der Waals surface area (Å²) in [6.07, 6.45) is 6.89. The fourth-order valence-corrected chi connectivity index (χ4v) is 4.63. The van der Waals surface area contributed by atoms with Crippen molar-refractivity contribution in [2.24, 2.45) is 11.7 Å². The van der Waals surface area contributed by atoms with Gasteiger partial charge in [0.2, 0.25) is 10.0 Å². The quantitative estimate of drug-likeness (QED) is 0.791. The minimum atomic E-state index is -3.01. The first-order chi connectivity index (χ1) is 9.56. The van der Waals surface area contributed by atoms with Crippen LogP contribution in [0, 0.1) is 5.92 Å². The summed E-state index contributed by atoms with van der Waals surface area (Å²) in [4.78, 5) is 0. The third-order valence-corrected chi connectivity index (χ3v) is 6.76. The van der Waals surface area contributed by atoms with Crippen molar-refractivity contribution in [3.05, 3.63) is 0 Å². The van der Waals surface area contributed by atoms with Gasteiger partial charge in [0.1, 0.15) is 0 Å². The SMILES string of the molecule is CCS(=O)(=O)N1CCC(NC2CCCCC2CN)CC1. The fraction of sp³-hybridized carbons (Fsp3) is 1.00. The van der Waals surface area contributed by atoms with E-state index < -0.39 is 10.0 Å². The number of sulfonamides is 1. The minimum Gasteiger partial charge on any atom is -0.330 e. The fourth-order valence-electron chi connectivity index (χ4n) is 3.50. The molecule has 0 amide bonds. The van der Waals surface area contributed by atoms with Crippen LogP contribution < -0.4 is 11.1 Å². The first-order valence-electron chi connectivity index (χ1n) is 8.00. The van der Waals surface area contributed by atoms with Crippen molar-refractivity contribution in [3.8, 4) is 0 Å². The molecule has 1 saturated heterocycles. The lowest BCUT2D eigenvalue weighted by atomic mass is 9.83. The summed E-state index contributed by atoms with van der Waals surface area (Å²) in [7, 11) is -3.01. The van der Waals surface area contributed by atoms with Crippen LogP contribution in [0.3, 0.4) is 0 Å². The molecule has 2 fully saturated rings. The molecule has 5 nitrogen and oxygen atoms in total. The van der Waals surface area contributed by atoms with Crippen LogP contribution in [0.1, 0.15) is 45.4 Å². The van der Waals surface area contributed by atoms with E-state index in [9.17, 15) is 8.42 Å². The Balaban J connectivity index is 1.82. The lowest BCUT2D eigenvalue weighted by molar-refractivity contribution is 0.210. The zero-order valence-electron chi connectivity index (χ0n) is 12.6. The van der Waals surface area contributed by atoms with Gasteiger partial charge in [-0.25, -0.2) is 12.7 Å². The van der Waals surface area contributed by atoms with Gasteiger partial charge >= 0.3 is 0 Å². The monoisotopic (exact) mass is 303 g/mol. The molecule has 1 aliphatic carbocycles. The van der Waals surface area contributed by atoms with Crippen molar-refractivity contribution < 1.29 is 8.42 Å². The highest BCUT2D eigenvalue weighted by Gasteiger charge is 2.30. The number of nitrogens with two attached hydrogens (primary N) is 1. The van der Waals surface area contributed by atoms with Gasteiger partial charge < -0.3 is 11.1 Å². The molecule has 0 aromatic rings. The van der Waals surface area contributed by atoms with Crippen LogP contribution in [-0.2, 0) is 10.0 Å². The van der Waals surface area contributed by atoms with Crippen molar-refractivity contribution >= 4 is 10.0 Å². The van der Waals surface area contributed by atoms with Gasteiger partial charge in [0.05, 0.1) is 5.75 Å². The van der Waals surface area contributed by atoms with E-state index in [0.717, 1.165) is 19.4 Å². The van der Waals surface area contributed by atoms with Crippen LogP contribution in [-0.4, -0.2) is 50.2 Å². The van der Waals surface area contributed by atoms with Crippen LogP contribution in [0.4, 0.5) is 0 Å². The Morgan fingerprint density at radius 2 is 1.80 bits per heavy atom. The van der Waals surface area contributed by atoms with Gasteiger partial charge in [-0.2, -0.15) is 0 Å². The summed E-state index contributed by atoms with van der Waals surface area (Å²) in [5.74, 6) is 0.810. The summed E-state index contributed by atoms with van der Waals surface area (Å²) in [6.45, 7) is 3.80. The van der Waals surface area contributed by atoms with Gasteiger partial charge in [0.25, 0.3) is 0 Å². The predicted molar refractivity (Wildman–Crippen MR) is 82.0 cm³/mol. The van der Waals surface area contributed by atoms with Crippen molar-refractivity contribution in [2.45, 2.75) is 57.5 Å². The molecule has 3 N–H and O–H groups in total. The molecule has 1 heterocycles.